The Morgan fingerprint density at radius 3 is 3.10 bits per heavy atom. The number of rotatable bonds is 5. The van der Waals surface area contributed by atoms with Crippen molar-refractivity contribution < 1.29 is 14.6 Å². The summed E-state index contributed by atoms with van der Waals surface area (Å²) >= 11 is 1.24. The highest BCUT2D eigenvalue weighted by Crippen LogP contribution is 2.39. The Bertz CT molecular complexity index is 637. The number of nitrogens with zero attached hydrogens (tertiary/aromatic N) is 3. The monoisotopic (exact) mass is 293 g/mol. The van der Waals surface area contributed by atoms with E-state index in [-0.39, 0.29) is 17.9 Å². The number of carboxylic acid groups (broad SMARTS) is 1. The molecule has 0 bridgehead atoms. The number of hydrogen-bond donors (Lipinski definition) is 1. The summed E-state index contributed by atoms with van der Waals surface area (Å²) in [6.07, 6.45) is 3.84. The van der Waals surface area contributed by atoms with Gasteiger partial charge in [-0.2, -0.15) is 0 Å². The molecule has 7 heteroatoms. The van der Waals surface area contributed by atoms with Gasteiger partial charge >= 0.3 is 5.97 Å². The number of carbonyl (C=O) groups is 1. The smallest absolute Gasteiger partial charge is 0.313 e. The van der Waals surface area contributed by atoms with E-state index in [1.165, 1.54) is 11.8 Å². The number of imidazole rings is 1. The minimum atomic E-state index is -0.843. The SMILES string of the molecule is COC1CC(n2c(SCC(=O)O)nc3cccnc32)C1. The molecule has 0 atom stereocenters. The third kappa shape index (κ3) is 2.38. The molecule has 1 N–H and O–H groups in total. The molecule has 2 heterocycles. The van der Waals surface area contributed by atoms with Crippen molar-refractivity contribution >= 4 is 28.9 Å². The number of carboxylic acids is 1. The summed E-state index contributed by atoms with van der Waals surface area (Å²) in [4.78, 5) is 19.6. The fourth-order valence-electron chi connectivity index (χ4n) is 2.41. The van der Waals surface area contributed by atoms with Crippen LogP contribution in [0.2, 0.25) is 0 Å². The average Bonchev–Trinajstić information content (AvgIpc) is 2.74. The van der Waals surface area contributed by atoms with Crippen LogP contribution in [-0.2, 0) is 9.53 Å². The number of hydrogen-bond acceptors (Lipinski definition) is 5. The van der Waals surface area contributed by atoms with Crippen LogP contribution < -0.4 is 0 Å². The minimum absolute atomic E-state index is 0.00372. The van der Waals surface area contributed by atoms with Crippen LogP contribution in [0, 0.1) is 0 Å². The number of methoxy groups -OCH3 is 1. The van der Waals surface area contributed by atoms with Gasteiger partial charge in [0.1, 0.15) is 5.52 Å². The molecule has 2 aromatic heterocycles. The maximum absolute atomic E-state index is 10.8. The Hall–Kier alpha value is -1.60. The topological polar surface area (TPSA) is 77.2 Å². The van der Waals surface area contributed by atoms with E-state index in [9.17, 15) is 4.79 Å². The Labute approximate surface area is 120 Å². The van der Waals surface area contributed by atoms with Gasteiger partial charge in [-0.3, -0.25) is 4.79 Å². The molecule has 1 aliphatic carbocycles. The molecule has 0 amide bonds. The Morgan fingerprint density at radius 1 is 1.60 bits per heavy atom. The molecule has 0 saturated heterocycles. The largest absolute Gasteiger partial charge is 0.481 e. The Morgan fingerprint density at radius 2 is 2.40 bits per heavy atom. The Kier molecular flexibility index (Phi) is 3.62. The second kappa shape index (κ2) is 5.41. The molecule has 1 aliphatic rings. The summed E-state index contributed by atoms with van der Waals surface area (Å²) in [7, 11) is 1.71. The van der Waals surface area contributed by atoms with Crippen molar-refractivity contribution in [1.29, 1.82) is 0 Å². The van der Waals surface area contributed by atoms with E-state index in [1.54, 1.807) is 13.3 Å². The van der Waals surface area contributed by atoms with E-state index in [0.29, 0.717) is 0 Å². The van der Waals surface area contributed by atoms with Crippen LogP contribution in [0.4, 0.5) is 0 Å². The number of thioether (sulfide) groups is 1. The van der Waals surface area contributed by atoms with Gasteiger partial charge in [-0.1, -0.05) is 11.8 Å². The van der Waals surface area contributed by atoms with Crippen molar-refractivity contribution in [3.05, 3.63) is 18.3 Å². The van der Waals surface area contributed by atoms with Crippen molar-refractivity contribution in [2.45, 2.75) is 30.1 Å². The zero-order chi connectivity index (χ0) is 14.1. The second-order valence-corrected chi connectivity index (χ2v) is 5.72. The molecule has 0 unspecified atom stereocenters. The number of aromatic nitrogens is 3. The van der Waals surface area contributed by atoms with Crippen LogP contribution in [-0.4, -0.2) is 44.6 Å². The summed E-state index contributed by atoms with van der Waals surface area (Å²) in [6.45, 7) is 0. The van der Waals surface area contributed by atoms with E-state index in [0.717, 1.165) is 29.2 Å². The molecule has 2 aromatic rings. The maximum atomic E-state index is 10.8. The minimum Gasteiger partial charge on any atom is -0.481 e. The molecule has 0 aromatic carbocycles. The van der Waals surface area contributed by atoms with Gasteiger partial charge in [0.15, 0.2) is 10.8 Å². The second-order valence-electron chi connectivity index (χ2n) is 4.78. The van der Waals surface area contributed by atoms with Gasteiger partial charge in [0.05, 0.1) is 11.9 Å². The van der Waals surface area contributed by atoms with E-state index >= 15 is 0 Å². The van der Waals surface area contributed by atoms with Gasteiger partial charge in [0.25, 0.3) is 0 Å². The zero-order valence-corrected chi connectivity index (χ0v) is 11.8. The van der Waals surface area contributed by atoms with Crippen molar-refractivity contribution in [1.82, 2.24) is 14.5 Å². The fourth-order valence-corrected chi connectivity index (χ4v) is 3.20. The predicted octanol–water partition coefficient (Wildman–Crippen LogP) is 1.96. The van der Waals surface area contributed by atoms with Gasteiger partial charge in [-0.05, 0) is 25.0 Å². The number of pyridine rings is 1. The third-order valence-corrected chi connectivity index (χ3v) is 4.45. The highest BCUT2D eigenvalue weighted by molar-refractivity contribution is 7.99. The molecule has 106 valence electrons. The van der Waals surface area contributed by atoms with E-state index in [2.05, 4.69) is 14.5 Å². The number of fused-ring (bicyclic) bond motifs is 1. The van der Waals surface area contributed by atoms with Crippen molar-refractivity contribution in [3.8, 4) is 0 Å². The number of aliphatic carboxylic acids is 1. The van der Waals surface area contributed by atoms with Crippen LogP contribution in [0.3, 0.4) is 0 Å². The molecule has 0 radical (unpaired) electrons. The van der Waals surface area contributed by atoms with Crippen LogP contribution in [0.15, 0.2) is 23.5 Å². The molecular formula is C13H15N3O3S. The maximum Gasteiger partial charge on any atom is 0.313 e. The van der Waals surface area contributed by atoms with Crippen molar-refractivity contribution in [2.75, 3.05) is 12.9 Å². The molecule has 0 aliphatic heterocycles. The molecule has 0 spiro atoms. The summed E-state index contributed by atoms with van der Waals surface area (Å²) in [6, 6.07) is 4.02. The van der Waals surface area contributed by atoms with E-state index in [1.807, 2.05) is 12.1 Å². The quantitative estimate of drug-likeness (QED) is 0.849. The van der Waals surface area contributed by atoms with Crippen molar-refractivity contribution in [3.63, 3.8) is 0 Å². The lowest BCUT2D eigenvalue weighted by Gasteiger charge is -2.35. The number of ether oxygens (including phenoxy) is 1. The Balaban J connectivity index is 1.94. The molecular weight excluding hydrogens is 278 g/mol. The first-order chi connectivity index (χ1) is 9.69. The molecule has 6 nitrogen and oxygen atoms in total. The molecule has 1 saturated carbocycles. The first kappa shape index (κ1) is 13.4. The van der Waals surface area contributed by atoms with Gasteiger partial charge in [0, 0.05) is 19.3 Å². The first-order valence-corrected chi connectivity index (χ1v) is 7.38. The summed E-state index contributed by atoms with van der Waals surface area (Å²) in [5.74, 6) is -0.839. The predicted molar refractivity (Wildman–Crippen MR) is 75.0 cm³/mol. The first-order valence-electron chi connectivity index (χ1n) is 6.39. The highest BCUT2D eigenvalue weighted by atomic mass is 32.2. The summed E-state index contributed by atoms with van der Waals surface area (Å²) < 4.78 is 7.36. The van der Waals surface area contributed by atoms with E-state index in [4.69, 9.17) is 9.84 Å². The highest BCUT2D eigenvalue weighted by Gasteiger charge is 2.33. The van der Waals surface area contributed by atoms with Gasteiger partial charge < -0.3 is 14.4 Å². The molecule has 1 fully saturated rings. The lowest BCUT2D eigenvalue weighted by Crippen LogP contribution is -2.33. The van der Waals surface area contributed by atoms with Gasteiger partial charge in [0.2, 0.25) is 0 Å². The molecule has 3 rings (SSSR count). The summed E-state index contributed by atoms with van der Waals surface area (Å²) in [5, 5.41) is 9.56. The summed E-state index contributed by atoms with van der Waals surface area (Å²) in [5.41, 5.74) is 1.63. The van der Waals surface area contributed by atoms with E-state index < -0.39 is 5.97 Å². The third-order valence-electron chi connectivity index (χ3n) is 3.51. The average molecular weight is 293 g/mol. The fraction of sp³-hybridized carbons (Fsp3) is 0.462. The lowest BCUT2D eigenvalue weighted by atomic mass is 9.89. The molecule has 20 heavy (non-hydrogen) atoms. The standard InChI is InChI=1S/C13H15N3O3S/c1-19-9-5-8(6-9)16-12-10(3-2-4-14-12)15-13(16)20-7-11(17)18/h2-4,8-9H,5-7H2,1H3,(H,17,18). The van der Waals surface area contributed by atoms with Crippen LogP contribution >= 0.6 is 11.8 Å². The van der Waals surface area contributed by atoms with Crippen LogP contribution in [0.5, 0.6) is 0 Å². The zero-order valence-electron chi connectivity index (χ0n) is 11.0. The van der Waals surface area contributed by atoms with Gasteiger partial charge in [-0.25, -0.2) is 9.97 Å². The normalized spacial score (nSPS) is 21.9. The van der Waals surface area contributed by atoms with Crippen molar-refractivity contribution in [2.24, 2.45) is 0 Å². The lowest BCUT2D eigenvalue weighted by molar-refractivity contribution is -0.133. The van der Waals surface area contributed by atoms with Crippen LogP contribution in [0.25, 0.3) is 11.2 Å². The van der Waals surface area contributed by atoms with Crippen LogP contribution in [0.1, 0.15) is 18.9 Å². The van der Waals surface area contributed by atoms with Gasteiger partial charge in [-0.15, -0.1) is 0 Å².